The lowest BCUT2D eigenvalue weighted by Crippen LogP contribution is -2.39. The van der Waals surface area contributed by atoms with Crippen LogP contribution in [0.5, 0.6) is 0 Å². The monoisotopic (exact) mass is 358 g/mol. The van der Waals surface area contributed by atoms with Gasteiger partial charge in [0.25, 0.3) is 0 Å². The number of hydrogen-bond donors (Lipinski definition) is 0. The molecule has 1 aliphatic heterocycles. The van der Waals surface area contributed by atoms with Crippen LogP contribution in [0.2, 0.25) is 0 Å². The number of benzene rings is 1. The minimum Gasteiger partial charge on any atom is -0.350 e. The third kappa shape index (κ3) is 4.11. The Labute approximate surface area is 153 Å². The zero-order valence-electron chi connectivity index (χ0n) is 16.0. The quantitative estimate of drug-likeness (QED) is 0.766. The van der Waals surface area contributed by atoms with Crippen molar-refractivity contribution >= 4 is 17.3 Å². The molecule has 1 aliphatic rings. The van der Waals surface area contributed by atoms with Gasteiger partial charge >= 0.3 is 0 Å². The molecule has 26 heavy (non-hydrogen) atoms. The van der Waals surface area contributed by atoms with Gasteiger partial charge in [0.05, 0.1) is 26.0 Å². The maximum atomic E-state index is 11.7. The van der Waals surface area contributed by atoms with Crippen LogP contribution in [-0.4, -0.2) is 47.3 Å². The van der Waals surface area contributed by atoms with E-state index < -0.39 is 0 Å². The lowest BCUT2D eigenvalue weighted by Gasteiger charge is -2.34. The van der Waals surface area contributed by atoms with Gasteiger partial charge in [-0.05, 0) is 25.5 Å². The molecule has 2 heterocycles. The summed E-state index contributed by atoms with van der Waals surface area (Å²) in [5.74, 6) is 0.739. The molecule has 0 saturated carbocycles. The standard InChI is InChI=1S/C19H26N4O3/c1-13-6-7-15(14(2)24)8-16(13)22(5)17-9-23(21-20-17)10-18-25-11-19(3,4)12-26-18/h6-9,18H,10-12H2,1-5H3. The molecular formula is C19H26N4O3. The molecule has 0 atom stereocenters. The van der Waals surface area contributed by atoms with E-state index in [1.54, 1.807) is 11.6 Å². The number of anilines is 2. The first-order valence-electron chi connectivity index (χ1n) is 8.74. The maximum absolute atomic E-state index is 11.7. The van der Waals surface area contributed by atoms with Gasteiger partial charge in [0, 0.05) is 23.7 Å². The lowest BCUT2D eigenvalue weighted by molar-refractivity contribution is -0.227. The Morgan fingerprint density at radius 3 is 2.69 bits per heavy atom. The van der Waals surface area contributed by atoms with E-state index >= 15 is 0 Å². The molecule has 1 aromatic heterocycles. The first-order valence-corrected chi connectivity index (χ1v) is 8.74. The molecule has 1 aromatic carbocycles. The second kappa shape index (κ2) is 7.17. The van der Waals surface area contributed by atoms with Gasteiger partial charge in [0.15, 0.2) is 17.9 Å². The average molecular weight is 358 g/mol. The van der Waals surface area contributed by atoms with E-state index in [2.05, 4.69) is 24.2 Å². The van der Waals surface area contributed by atoms with E-state index in [0.717, 1.165) is 11.3 Å². The van der Waals surface area contributed by atoms with Crippen LogP contribution in [-0.2, 0) is 16.0 Å². The van der Waals surface area contributed by atoms with E-state index in [4.69, 9.17) is 9.47 Å². The molecule has 7 nitrogen and oxygen atoms in total. The summed E-state index contributed by atoms with van der Waals surface area (Å²) in [6.45, 7) is 9.62. The van der Waals surface area contributed by atoms with Gasteiger partial charge in [0.1, 0.15) is 0 Å². The fraction of sp³-hybridized carbons (Fsp3) is 0.526. The van der Waals surface area contributed by atoms with Crippen molar-refractivity contribution in [2.75, 3.05) is 25.2 Å². The molecule has 0 unspecified atom stereocenters. The number of nitrogens with zero attached hydrogens (tertiary/aromatic N) is 4. The summed E-state index contributed by atoms with van der Waals surface area (Å²) in [6, 6.07) is 5.66. The van der Waals surface area contributed by atoms with Crippen molar-refractivity contribution in [1.82, 2.24) is 15.0 Å². The Morgan fingerprint density at radius 1 is 1.35 bits per heavy atom. The van der Waals surface area contributed by atoms with Crippen LogP contribution in [0.15, 0.2) is 24.4 Å². The summed E-state index contributed by atoms with van der Waals surface area (Å²) < 4.78 is 13.2. The third-order valence-corrected chi connectivity index (χ3v) is 4.50. The molecule has 0 spiro atoms. The Morgan fingerprint density at radius 2 is 2.04 bits per heavy atom. The van der Waals surface area contributed by atoms with Gasteiger partial charge in [-0.2, -0.15) is 0 Å². The van der Waals surface area contributed by atoms with Crippen molar-refractivity contribution in [3.05, 3.63) is 35.5 Å². The van der Waals surface area contributed by atoms with Gasteiger partial charge in [-0.1, -0.05) is 31.2 Å². The number of aromatic nitrogens is 3. The molecule has 0 amide bonds. The van der Waals surface area contributed by atoms with Crippen molar-refractivity contribution in [1.29, 1.82) is 0 Å². The first kappa shape index (κ1) is 18.5. The summed E-state index contributed by atoms with van der Waals surface area (Å²) in [6.07, 6.45) is 1.54. The molecule has 0 aliphatic carbocycles. The number of ether oxygens (including phenoxy) is 2. The molecule has 7 heteroatoms. The third-order valence-electron chi connectivity index (χ3n) is 4.50. The van der Waals surface area contributed by atoms with Crippen molar-refractivity contribution in [3.63, 3.8) is 0 Å². The normalized spacial score (nSPS) is 17.3. The largest absolute Gasteiger partial charge is 0.350 e. The first-order chi connectivity index (χ1) is 12.2. The Kier molecular flexibility index (Phi) is 5.11. The highest BCUT2D eigenvalue weighted by molar-refractivity contribution is 5.95. The van der Waals surface area contributed by atoms with Gasteiger partial charge in [-0.15, -0.1) is 5.10 Å². The van der Waals surface area contributed by atoms with Gasteiger partial charge < -0.3 is 14.4 Å². The van der Waals surface area contributed by atoms with Crippen LogP contribution in [0.4, 0.5) is 11.5 Å². The molecule has 0 N–H and O–H groups in total. The van der Waals surface area contributed by atoms with Crippen LogP contribution in [0, 0.1) is 12.3 Å². The predicted molar refractivity (Wildman–Crippen MR) is 98.7 cm³/mol. The van der Waals surface area contributed by atoms with Crippen molar-refractivity contribution in [2.24, 2.45) is 5.41 Å². The molecule has 1 fully saturated rings. The molecule has 0 radical (unpaired) electrons. The second-order valence-corrected chi connectivity index (χ2v) is 7.63. The molecular weight excluding hydrogens is 332 g/mol. The summed E-state index contributed by atoms with van der Waals surface area (Å²) in [5, 5.41) is 8.42. The minimum absolute atomic E-state index is 0.0397. The van der Waals surface area contributed by atoms with E-state index in [0.29, 0.717) is 31.1 Å². The predicted octanol–water partition coefficient (Wildman–Crippen LogP) is 2.96. The van der Waals surface area contributed by atoms with E-state index in [1.807, 2.05) is 43.3 Å². The smallest absolute Gasteiger partial charge is 0.177 e. The Bertz CT molecular complexity index is 790. The zero-order chi connectivity index (χ0) is 18.9. The molecule has 3 rings (SSSR count). The number of rotatable bonds is 5. The molecule has 1 saturated heterocycles. The zero-order valence-corrected chi connectivity index (χ0v) is 16.0. The van der Waals surface area contributed by atoms with E-state index in [1.165, 1.54) is 0 Å². The summed E-state index contributed by atoms with van der Waals surface area (Å²) in [7, 11) is 1.91. The van der Waals surface area contributed by atoms with Crippen LogP contribution in [0.3, 0.4) is 0 Å². The topological polar surface area (TPSA) is 69.5 Å². The fourth-order valence-corrected chi connectivity index (χ4v) is 2.83. The highest BCUT2D eigenvalue weighted by Gasteiger charge is 2.28. The van der Waals surface area contributed by atoms with Gasteiger partial charge in [0.2, 0.25) is 0 Å². The van der Waals surface area contributed by atoms with Crippen LogP contribution in [0.1, 0.15) is 36.7 Å². The second-order valence-electron chi connectivity index (χ2n) is 7.63. The maximum Gasteiger partial charge on any atom is 0.177 e. The highest BCUT2D eigenvalue weighted by Crippen LogP contribution is 2.27. The summed E-state index contributed by atoms with van der Waals surface area (Å²) >= 11 is 0. The van der Waals surface area contributed by atoms with Crippen LogP contribution in [0.25, 0.3) is 0 Å². The molecule has 0 bridgehead atoms. The molecule has 140 valence electrons. The number of Topliss-reactive ketones (excluding diaryl/α,β-unsaturated/α-hetero) is 1. The van der Waals surface area contributed by atoms with Crippen LogP contribution < -0.4 is 4.90 Å². The number of aryl methyl sites for hydroxylation is 1. The summed E-state index contributed by atoms with van der Waals surface area (Å²) in [5.41, 5.74) is 2.71. The van der Waals surface area contributed by atoms with E-state index in [-0.39, 0.29) is 17.5 Å². The number of ketones is 1. The summed E-state index contributed by atoms with van der Waals surface area (Å²) in [4.78, 5) is 13.6. The SMILES string of the molecule is CC(=O)c1ccc(C)c(N(C)c2cn(CC3OCC(C)(C)CO3)nn2)c1. The number of carbonyl (C=O) groups excluding carboxylic acids is 1. The van der Waals surface area contributed by atoms with Crippen LogP contribution >= 0.6 is 0 Å². The number of carbonyl (C=O) groups is 1. The van der Waals surface area contributed by atoms with Gasteiger partial charge in [-0.25, -0.2) is 4.68 Å². The average Bonchev–Trinajstić information content (AvgIpc) is 3.05. The lowest BCUT2D eigenvalue weighted by atomic mass is 9.96. The number of hydrogen-bond acceptors (Lipinski definition) is 6. The van der Waals surface area contributed by atoms with Crippen molar-refractivity contribution in [3.8, 4) is 0 Å². The van der Waals surface area contributed by atoms with Gasteiger partial charge in [-0.3, -0.25) is 4.79 Å². The molecule has 2 aromatic rings. The van der Waals surface area contributed by atoms with Crippen molar-refractivity contribution in [2.45, 2.75) is 40.5 Å². The Balaban J connectivity index is 1.71. The van der Waals surface area contributed by atoms with E-state index in [9.17, 15) is 4.79 Å². The Hall–Kier alpha value is -2.25. The highest BCUT2D eigenvalue weighted by atomic mass is 16.7. The fourth-order valence-electron chi connectivity index (χ4n) is 2.83. The minimum atomic E-state index is -0.314. The van der Waals surface area contributed by atoms with Crippen molar-refractivity contribution < 1.29 is 14.3 Å².